The SMILES string of the molecule is N=C(N)CCN(C(=O)NC1CCCCC1)c1ccccc1. The third kappa shape index (κ3) is 4.77. The first-order valence-corrected chi connectivity index (χ1v) is 7.63. The van der Waals surface area contributed by atoms with Gasteiger partial charge in [0.25, 0.3) is 0 Å². The lowest BCUT2D eigenvalue weighted by atomic mass is 9.96. The minimum absolute atomic E-state index is 0.0886. The summed E-state index contributed by atoms with van der Waals surface area (Å²) in [5, 5.41) is 10.5. The van der Waals surface area contributed by atoms with Gasteiger partial charge < -0.3 is 11.1 Å². The van der Waals surface area contributed by atoms with E-state index in [-0.39, 0.29) is 17.9 Å². The Morgan fingerprint density at radius 1 is 1.24 bits per heavy atom. The lowest BCUT2D eigenvalue weighted by molar-refractivity contribution is 0.238. The summed E-state index contributed by atoms with van der Waals surface area (Å²) in [6, 6.07) is 9.73. The number of amidine groups is 1. The largest absolute Gasteiger partial charge is 0.388 e. The number of urea groups is 1. The van der Waals surface area contributed by atoms with Crippen LogP contribution in [0.4, 0.5) is 10.5 Å². The highest BCUT2D eigenvalue weighted by Gasteiger charge is 2.20. The Kier molecular flexibility index (Phi) is 5.60. The number of benzene rings is 1. The Morgan fingerprint density at radius 2 is 1.90 bits per heavy atom. The summed E-state index contributed by atoms with van der Waals surface area (Å²) in [6.07, 6.45) is 6.13. The standard InChI is InChI=1S/C16H24N4O/c17-15(18)11-12-20(14-9-5-2-6-10-14)16(21)19-13-7-3-1-4-8-13/h2,5-6,9-10,13H,1,3-4,7-8,11-12H2,(H3,17,18)(H,19,21). The van der Waals surface area contributed by atoms with Crippen LogP contribution < -0.4 is 16.0 Å². The molecule has 1 saturated carbocycles. The first kappa shape index (κ1) is 15.4. The molecule has 0 unspecified atom stereocenters. The van der Waals surface area contributed by atoms with Crippen molar-refractivity contribution in [1.82, 2.24) is 5.32 Å². The van der Waals surface area contributed by atoms with Crippen LogP contribution >= 0.6 is 0 Å². The quantitative estimate of drug-likeness (QED) is 0.575. The van der Waals surface area contributed by atoms with Gasteiger partial charge in [0, 0.05) is 24.7 Å². The molecule has 1 aliphatic carbocycles. The lowest BCUT2D eigenvalue weighted by Crippen LogP contribution is -2.46. The molecule has 21 heavy (non-hydrogen) atoms. The zero-order valence-electron chi connectivity index (χ0n) is 12.3. The zero-order valence-corrected chi connectivity index (χ0v) is 12.3. The number of nitrogens with zero attached hydrogens (tertiary/aromatic N) is 1. The highest BCUT2D eigenvalue weighted by molar-refractivity contribution is 5.93. The average molecular weight is 288 g/mol. The summed E-state index contributed by atoms with van der Waals surface area (Å²) >= 11 is 0. The molecule has 2 amide bonds. The first-order valence-electron chi connectivity index (χ1n) is 7.63. The van der Waals surface area contributed by atoms with Crippen LogP contribution in [0.2, 0.25) is 0 Å². The smallest absolute Gasteiger partial charge is 0.322 e. The van der Waals surface area contributed by atoms with Gasteiger partial charge >= 0.3 is 6.03 Å². The van der Waals surface area contributed by atoms with Crippen molar-refractivity contribution < 1.29 is 4.79 Å². The van der Waals surface area contributed by atoms with Gasteiger partial charge in [-0.3, -0.25) is 10.3 Å². The van der Waals surface area contributed by atoms with Crippen LogP contribution in [0.1, 0.15) is 38.5 Å². The molecule has 0 radical (unpaired) electrons. The molecular weight excluding hydrogens is 264 g/mol. The molecule has 5 heteroatoms. The summed E-state index contributed by atoms with van der Waals surface area (Å²) in [5.41, 5.74) is 6.27. The molecule has 5 nitrogen and oxygen atoms in total. The number of hydrogen-bond donors (Lipinski definition) is 3. The number of carbonyl (C=O) groups is 1. The average Bonchev–Trinajstić information content (AvgIpc) is 2.49. The van der Waals surface area contributed by atoms with E-state index in [9.17, 15) is 4.79 Å². The predicted octanol–water partition coefficient (Wildman–Crippen LogP) is 2.86. The summed E-state index contributed by atoms with van der Waals surface area (Å²) in [5.74, 6) is 0.0985. The first-order chi connectivity index (χ1) is 10.2. The Balaban J connectivity index is 2.02. The summed E-state index contributed by atoms with van der Waals surface area (Å²) < 4.78 is 0. The van der Waals surface area contributed by atoms with Gasteiger partial charge in [-0.1, -0.05) is 37.5 Å². The Hall–Kier alpha value is -2.04. The predicted molar refractivity (Wildman–Crippen MR) is 85.7 cm³/mol. The van der Waals surface area contributed by atoms with Gasteiger partial charge in [-0.15, -0.1) is 0 Å². The van der Waals surface area contributed by atoms with Gasteiger partial charge in [0.05, 0.1) is 5.84 Å². The van der Waals surface area contributed by atoms with E-state index in [2.05, 4.69) is 5.32 Å². The molecular formula is C16H24N4O. The third-order valence-electron chi connectivity index (χ3n) is 3.85. The number of para-hydroxylation sites is 1. The molecule has 0 spiro atoms. The van der Waals surface area contributed by atoms with Crippen LogP contribution in [0, 0.1) is 5.41 Å². The van der Waals surface area contributed by atoms with Crippen molar-refractivity contribution >= 4 is 17.6 Å². The maximum absolute atomic E-state index is 12.5. The van der Waals surface area contributed by atoms with E-state index in [0.29, 0.717) is 13.0 Å². The number of rotatable bonds is 5. The Bertz CT molecular complexity index is 468. The maximum Gasteiger partial charge on any atom is 0.322 e. The molecule has 0 saturated heterocycles. The Morgan fingerprint density at radius 3 is 2.52 bits per heavy atom. The van der Waals surface area contributed by atoms with Gasteiger partial charge in [0.2, 0.25) is 0 Å². The number of hydrogen-bond acceptors (Lipinski definition) is 2. The van der Waals surface area contributed by atoms with Crippen molar-refractivity contribution in [1.29, 1.82) is 5.41 Å². The normalized spacial score (nSPS) is 15.4. The molecule has 4 N–H and O–H groups in total. The van der Waals surface area contributed by atoms with Crippen LogP contribution in [0.25, 0.3) is 0 Å². The van der Waals surface area contributed by atoms with Crippen molar-refractivity contribution in [3.8, 4) is 0 Å². The van der Waals surface area contributed by atoms with Gasteiger partial charge in [-0.25, -0.2) is 4.79 Å². The highest BCUT2D eigenvalue weighted by Crippen LogP contribution is 2.19. The number of carbonyl (C=O) groups excluding carboxylic acids is 1. The highest BCUT2D eigenvalue weighted by atomic mass is 16.2. The van der Waals surface area contributed by atoms with Gasteiger partial charge in [0.15, 0.2) is 0 Å². The molecule has 1 aromatic carbocycles. The van der Waals surface area contributed by atoms with Crippen molar-refractivity contribution in [3.05, 3.63) is 30.3 Å². The van der Waals surface area contributed by atoms with Gasteiger partial charge in [0.1, 0.15) is 0 Å². The van der Waals surface area contributed by atoms with Crippen molar-refractivity contribution in [2.75, 3.05) is 11.4 Å². The van der Waals surface area contributed by atoms with Crippen LogP contribution in [0.3, 0.4) is 0 Å². The van der Waals surface area contributed by atoms with Crippen LogP contribution in [-0.2, 0) is 0 Å². The lowest BCUT2D eigenvalue weighted by Gasteiger charge is -2.28. The van der Waals surface area contributed by atoms with Crippen molar-refractivity contribution in [2.45, 2.75) is 44.6 Å². The van der Waals surface area contributed by atoms with Crippen molar-refractivity contribution in [2.24, 2.45) is 5.73 Å². The summed E-state index contributed by atoms with van der Waals surface area (Å²) in [6.45, 7) is 0.428. The monoisotopic (exact) mass is 288 g/mol. The maximum atomic E-state index is 12.5. The van der Waals surface area contributed by atoms with Crippen molar-refractivity contribution in [3.63, 3.8) is 0 Å². The number of amides is 2. The fraction of sp³-hybridized carbons (Fsp3) is 0.500. The van der Waals surface area contributed by atoms with Crippen LogP contribution in [0.15, 0.2) is 30.3 Å². The van der Waals surface area contributed by atoms with E-state index in [0.717, 1.165) is 18.5 Å². The van der Waals surface area contributed by atoms with Crippen LogP contribution in [0.5, 0.6) is 0 Å². The molecule has 1 aliphatic rings. The molecule has 0 bridgehead atoms. The minimum Gasteiger partial charge on any atom is -0.388 e. The Labute approximate surface area is 126 Å². The van der Waals surface area contributed by atoms with E-state index in [4.69, 9.17) is 11.1 Å². The van der Waals surface area contributed by atoms with E-state index in [1.54, 1.807) is 4.90 Å². The minimum atomic E-state index is -0.0886. The molecule has 0 atom stereocenters. The number of nitrogens with one attached hydrogen (secondary N) is 2. The van der Waals surface area contributed by atoms with Crippen LogP contribution in [-0.4, -0.2) is 24.5 Å². The van der Waals surface area contributed by atoms with E-state index >= 15 is 0 Å². The second-order valence-corrected chi connectivity index (χ2v) is 5.55. The van der Waals surface area contributed by atoms with Gasteiger partial charge in [-0.05, 0) is 25.0 Å². The molecule has 0 heterocycles. The molecule has 114 valence electrons. The second-order valence-electron chi connectivity index (χ2n) is 5.55. The van der Waals surface area contributed by atoms with E-state index in [1.165, 1.54) is 19.3 Å². The van der Waals surface area contributed by atoms with E-state index < -0.39 is 0 Å². The number of nitrogens with two attached hydrogens (primary N) is 1. The third-order valence-corrected chi connectivity index (χ3v) is 3.85. The number of anilines is 1. The molecule has 1 fully saturated rings. The van der Waals surface area contributed by atoms with E-state index in [1.807, 2.05) is 30.3 Å². The molecule has 0 aromatic heterocycles. The zero-order chi connectivity index (χ0) is 15.1. The van der Waals surface area contributed by atoms with Gasteiger partial charge in [-0.2, -0.15) is 0 Å². The fourth-order valence-electron chi connectivity index (χ4n) is 2.69. The summed E-state index contributed by atoms with van der Waals surface area (Å²) in [4.78, 5) is 14.2. The fourth-order valence-corrected chi connectivity index (χ4v) is 2.69. The molecule has 0 aliphatic heterocycles. The second kappa shape index (κ2) is 7.67. The molecule has 2 rings (SSSR count). The molecule has 1 aromatic rings. The topological polar surface area (TPSA) is 82.2 Å². The summed E-state index contributed by atoms with van der Waals surface area (Å²) in [7, 11) is 0.